The van der Waals surface area contributed by atoms with E-state index in [1.54, 1.807) is 0 Å². The summed E-state index contributed by atoms with van der Waals surface area (Å²) in [5, 5.41) is 18.5. The lowest BCUT2D eigenvalue weighted by Crippen LogP contribution is -2.34. The largest absolute Gasteiger partial charge is 0.389 e. The maximum absolute atomic E-state index is 9.95. The predicted molar refractivity (Wildman–Crippen MR) is 52.0 cm³/mol. The molecule has 2 nitrogen and oxygen atoms in total. The second-order valence-corrected chi connectivity index (χ2v) is 4.64. The molecule has 0 amide bonds. The molecule has 1 rings (SSSR count). The van der Waals surface area contributed by atoms with Crippen LogP contribution in [0, 0.1) is 23.2 Å². The van der Waals surface area contributed by atoms with Gasteiger partial charge in [-0.15, -0.1) is 0 Å². The van der Waals surface area contributed by atoms with Crippen LogP contribution in [0.15, 0.2) is 0 Å². The first kappa shape index (κ1) is 10.5. The first-order chi connectivity index (χ1) is 6.07. The number of nitriles is 1. The van der Waals surface area contributed by atoms with Gasteiger partial charge in [0.2, 0.25) is 0 Å². The van der Waals surface area contributed by atoms with Crippen molar-refractivity contribution in [1.82, 2.24) is 0 Å². The van der Waals surface area contributed by atoms with Gasteiger partial charge in [-0.1, -0.05) is 13.8 Å². The number of hydrogen-bond acceptors (Lipinski definition) is 2. The molecule has 13 heavy (non-hydrogen) atoms. The fourth-order valence-corrected chi connectivity index (χ4v) is 2.17. The molecule has 0 aromatic heterocycles. The topological polar surface area (TPSA) is 44.0 Å². The van der Waals surface area contributed by atoms with Crippen LogP contribution in [0.3, 0.4) is 0 Å². The minimum Gasteiger partial charge on any atom is -0.389 e. The molecule has 74 valence electrons. The summed E-state index contributed by atoms with van der Waals surface area (Å²) in [5.41, 5.74) is -0.667. The van der Waals surface area contributed by atoms with Crippen LogP contribution in [0.4, 0.5) is 0 Å². The van der Waals surface area contributed by atoms with E-state index in [4.69, 9.17) is 5.26 Å². The van der Waals surface area contributed by atoms with Crippen molar-refractivity contribution in [1.29, 1.82) is 5.26 Å². The van der Waals surface area contributed by atoms with Crippen LogP contribution >= 0.6 is 0 Å². The molecule has 0 saturated heterocycles. The van der Waals surface area contributed by atoms with Crippen molar-refractivity contribution in [2.45, 2.75) is 51.6 Å². The van der Waals surface area contributed by atoms with Crippen molar-refractivity contribution in [3.8, 4) is 6.07 Å². The third-order valence-corrected chi connectivity index (χ3v) is 3.31. The van der Waals surface area contributed by atoms with Crippen molar-refractivity contribution >= 4 is 0 Å². The Balaban J connectivity index is 2.43. The van der Waals surface area contributed by atoms with E-state index in [1.807, 2.05) is 0 Å². The van der Waals surface area contributed by atoms with E-state index in [0.29, 0.717) is 12.3 Å². The average Bonchev–Trinajstić information content (AvgIpc) is 2.05. The van der Waals surface area contributed by atoms with Crippen LogP contribution in [0.2, 0.25) is 0 Å². The third kappa shape index (κ3) is 2.70. The molecule has 0 unspecified atom stereocenters. The average molecular weight is 181 g/mol. The number of hydrogen-bond donors (Lipinski definition) is 1. The predicted octanol–water partition coefficient (Wildman–Crippen LogP) is 2.48. The first-order valence-electron chi connectivity index (χ1n) is 5.17. The number of nitrogens with zero attached hydrogens (tertiary/aromatic N) is 1. The van der Waals surface area contributed by atoms with E-state index in [-0.39, 0.29) is 0 Å². The Hall–Kier alpha value is -0.550. The highest BCUT2D eigenvalue weighted by molar-refractivity contribution is 4.92. The van der Waals surface area contributed by atoms with E-state index >= 15 is 0 Å². The zero-order chi connectivity index (χ0) is 9.90. The van der Waals surface area contributed by atoms with Crippen LogP contribution in [-0.2, 0) is 0 Å². The van der Waals surface area contributed by atoms with E-state index in [1.165, 1.54) is 0 Å². The van der Waals surface area contributed by atoms with Crippen molar-refractivity contribution in [3.63, 3.8) is 0 Å². The summed E-state index contributed by atoms with van der Waals surface area (Å²) < 4.78 is 0. The van der Waals surface area contributed by atoms with Gasteiger partial charge >= 0.3 is 0 Å². The molecule has 0 heterocycles. The molecule has 0 spiro atoms. The highest BCUT2D eigenvalue weighted by atomic mass is 16.3. The molecule has 1 aliphatic rings. The van der Waals surface area contributed by atoms with Gasteiger partial charge in [-0.3, -0.25) is 0 Å². The number of aliphatic hydroxyl groups is 1. The molecule has 2 heteroatoms. The molecule has 0 aromatic carbocycles. The van der Waals surface area contributed by atoms with Gasteiger partial charge < -0.3 is 5.11 Å². The molecule has 0 atom stereocenters. The molecular formula is C11H19NO. The molecule has 0 radical (unpaired) electrons. The van der Waals surface area contributed by atoms with E-state index < -0.39 is 5.60 Å². The van der Waals surface area contributed by atoms with Crippen molar-refractivity contribution < 1.29 is 5.11 Å². The maximum atomic E-state index is 9.95. The Morgan fingerprint density at radius 3 is 2.38 bits per heavy atom. The van der Waals surface area contributed by atoms with Crippen molar-refractivity contribution in [3.05, 3.63) is 0 Å². The minimum atomic E-state index is -0.667. The Morgan fingerprint density at radius 2 is 2.00 bits per heavy atom. The van der Waals surface area contributed by atoms with E-state index in [9.17, 15) is 5.11 Å². The molecule has 0 aliphatic heterocycles. The normalized spacial score (nSPS) is 34.5. The fourth-order valence-electron chi connectivity index (χ4n) is 2.17. The zero-order valence-electron chi connectivity index (χ0n) is 8.58. The van der Waals surface area contributed by atoms with Crippen LogP contribution in [-0.4, -0.2) is 10.7 Å². The standard InChI is InChI=1S/C11H19NO/c1-9(2)10-3-5-11(13,6-4-10)7-8-12/h9-10,13H,3-7H2,1-2H3. The lowest BCUT2D eigenvalue weighted by Gasteiger charge is -2.36. The lowest BCUT2D eigenvalue weighted by atomic mass is 9.74. The van der Waals surface area contributed by atoms with Crippen LogP contribution in [0.1, 0.15) is 46.0 Å². The van der Waals surface area contributed by atoms with Crippen LogP contribution < -0.4 is 0 Å². The third-order valence-electron chi connectivity index (χ3n) is 3.31. The smallest absolute Gasteiger partial charge is 0.0777 e. The highest BCUT2D eigenvalue weighted by Gasteiger charge is 2.33. The summed E-state index contributed by atoms with van der Waals surface area (Å²) >= 11 is 0. The van der Waals surface area contributed by atoms with Gasteiger partial charge in [-0.2, -0.15) is 5.26 Å². The number of rotatable bonds is 2. The molecule has 1 fully saturated rings. The minimum absolute atomic E-state index is 0.303. The summed E-state index contributed by atoms with van der Waals surface area (Å²) in [6.07, 6.45) is 4.08. The monoisotopic (exact) mass is 181 g/mol. The van der Waals surface area contributed by atoms with Crippen LogP contribution in [0.5, 0.6) is 0 Å². The van der Waals surface area contributed by atoms with Gasteiger partial charge in [0, 0.05) is 0 Å². The Labute approximate surface area is 80.6 Å². The SMILES string of the molecule is CC(C)C1CCC(O)(CC#N)CC1. The zero-order valence-corrected chi connectivity index (χ0v) is 8.58. The maximum Gasteiger partial charge on any atom is 0.0777 e. The molecular weight excluding hydrogens is 162 g/mol. The van der Waals surface area contributed by atoms with Gasteiger partial charge in [0.1, 0.15) is 0 Å². The lowest BCUT2D eigenvalue weighted by molar-refractivity contribution is -0.0109. The van der Waals surface area contributed by atoms with Crippen molar-refractivity contribution in [2.75, 3.05) is 0 Å². The Bertz CT molecular complexity index is 197. The Kier molecular flexibility index (Phi) is 3.33. The highest BCUT2D eigenvalue weighted by Crippen LogP contribution is 2.37. The summed E-state index contributed by atoms with van der Waals surface area (Å²) in [6, 6.07) is 2.07. The molecule has 0 aromatic rings. The molecule has 1 saturated carbocycles. The molecule has 0 bridgehead atoms. The summed E-state index contributed by atoms with van der Waals surface area (Å²) in [6.45, 7) is 4.47. The second-order valence-electron chi connectivity index (χ2n) is 4.64. The van der Waals surface area contributed by atoms with Gasteiger partial charge in [-0.25, -0.2) is 0 Å². The van der Waals surface area contributed by atoms with Gasteiger partial charge in [-0.05, 0) is 37.5 Å². The van der Waals surface area contributed by atoms with E-state index in [2.05, 4.69) is 19.9 Å². The summed E-state index contributed by atoms with van der Waals surface area (Å²) in [4.78, 5) is 0. The second kappa shape index (κ2) is 4.11. The summed E-state index contributed by atoms with van der Waals surface area (Å²) in [7, 11) is 0. The summed E-state index contributed by atoms with van der Waals surface area (Å²) in [5.74, 6) is 1.46. The fraction of sp³-hybridized carbons (Fsp3) is 0.909. The van der Waals surface area contributed by atoms with E-state index in [0.717, 1.165) is 31.6 Å². The Morgan fingerprint density at radius 1 is 1.46 bits per heavy atom. The van der Waals surface area contributed by atoms with Gasteiger partial charge in [0.05, 0.1) is 18.1 Å². The van der Waals surface area contributed by atoms with Crippen molar-refractivity contribution in [2.24, 2.45) is 11.8 Å². The van der Waals surface area contributed by atoms with Gasteiger partial charge in [0.25, 0.3) is 0 Å². The first-order valence-corrected chi connectivity index (χ1v) is 5.17. The van der Waals surface area contributed by atoms with Gasteiger partial charge in [0.15, 0.2) is 0 Å². The quantitative estimate of drug-likeness (QED) is 0.711. The van der Waals surface area contributed by atoms with Crippen LogP contribution in [0.25, 0.3) is 0 Å². The molecule has 1 N–H and O–H groups in total. The molecule has 1 aliphatic carbocycles.